The van der Waals surface area contributed by atoms with Crippen LogP contribution in [0.5, 0.6) is 0 Å². The Morgan fingerprint density at radius 2 is 2.04 bits per heavy atom. The van der Waals surface area contributed by atoms with Crippen LogP contribution in [0.1, 0.15) is 16.7 Å². The van der Waals surface area contributed by atoms with Crippen molar-refractivity contribution >= 4 is 41.6 Å². The molecule has 4 rings (SSSR count). The minimum absolute atomic E-state index is 0.397. The fourth-order valence-corrected chi connectivity index (χ4v) is 3.03. The summed E-state index contributed by atoms with van der Waals surface area (Å²) in [5, 5.41) is 17.0. The molecule has 0 unspecified atom stereocenters. The predicted octanol–water partition coefficient (Wildman–Crippen LogP) is 3.01. The zero-order valence-electron chi connectivity index (χ0n) is 14.7. The molecule has 136 valence electrons. The molecule has 0 radical (unpaired) electrons. The van der Waals surface area contributed by atoms with Gasteiger partial charge in [-0.1, -0.05) is 29.8 Å². The van der Waals surface area contributed by atoms with Gasteiger partial charge in [0.05, 0.1) is 6.61 Å². The third-order valence-corrected chi connectivity index (χ3v) is 4.66. The second-order valence-electron chi connectivity index (χ2n) is 6.41. The number of fused-ring (bicyclic) bond motifs is 1. The van der Waals surface area contributed by atoms with Gasteiger partial charge in [0.25, 0.3) is 0 Å². The number of anilines is 3. The van der Waals surface area contributed by atoms with Gasteiger partial charge in [-0.05, 0) is 47.8 Å². The van der Waals surface area contributed by atoms with E-state index in [2.05, 4.69) is 20.6 Å². The second kappa shape index (κ2) is 7.56. The molecule has 8 heteroatoms. The summed E-state index contributed by atoms with van der Waals surface area (Å²) in [6, 6.07) is 13.4. The molecule has 27 heavy (non-hydrogen) atoms. The van der Waals surface area contributed by atoms with Gasteiger partial charge < -0.3 is 20.3 Å². The highest BCUT2D eigenvalue weighted by Gasteiger charge is 2.27. The quantitative estimate of drug-likeness (QED) is 0.591. The average Bonchev–Trinajstić information content (AvgIpc) is 3.04. The number of benzene rings is 2. The SMILES string of the molecule is Cc1cnc(Nc2ccc3c(c2)COB3O)nc1NCc1ccc(Cl)cc1. The zero-order chi connectivity index (χ0) is 18.8. The summed E-state index contributed by atoms with van der Waals surface area (Å²) >= 11 is 5.92. The highest BCUT2D eigenvalue weighted by atomic mass is 35.5. The van der Waals surface area contributed by atoms with Crippen LogP contribution in [0.15, 0.2) is 48.7 Å². The van der Waals surface area contributed by atoms with Crippen molar-refractivity contribution in [3.8, 4) is 0 Å². The van der Waals surface area contributed by atoms with Crippen LogP contribution < -0.4 is 16.1 Å². The van der Waals surface area contributed by atoms with Gasteiger partial charge in [0.15, 0.2) is 0 Å². The third-order valence-electron chi connectivity index (χ3n) is 4.41. The maximum atomic E-state index is 9.71. The Bertz CT molecular complexity index is 968. The minimum atomic E-state index is -0.839. The van der Waals surface area contributed by atoms with Crippen molar-refractivity contribution < 1.29 is 9.68 Å². The van der Waals surface area contributed by atoms with Crippen LogP contribution in [0.25, 0.3) is 0 Å². The van der Waals surface area contributed by atoms with Crippen molar-refractivity contribution in [1.82, 2.24) is 9.97 Å². The molecule has 2 heterocycles. The highest BCUT2D eigenvalue weighted by molar-refractivity contribution is 6.61. The molecular formula is C19H18BClN4O2. The predicted molar refractivity (Wildman–Crippen MR) is 108 cm³/mol. The van der Waals surface area contributed by atoms with Gasteiger partial charge in [-0.3, -0.25) is 0 Å². The highest BCUT2D eigenvalue weighted by Crippen LogP contribution is 2.20. The number of nitrogens with zero attached hydrogens (tertiary/aromatic N) is 2. The lowest BCUT2D eigenvalue weighted by atomic mass is 9.79. The maximum absolute atomic E-state index is 9.71. The molecule has 0 aliphatic carbocycles. The molecular weight excluding hydrogens is 363 g/mol. The van der Waals surface area contributed by atoms with Crippen LogP contribution in [0.2, 0.25) is 5.02 Å². The van der Waals surface area contributed by atoms with Crippen LogP contribution in [0, 0.1) is 6.92 Å². The monoisotopic (exact) mass is 380 g/mol. The molecule has 0 saturated heterocycles. The zero-order valence-corrected chi connectivity index (χ0v) is 15.5. The van der Waals surface area contributed by atoms with Crippen molar-refractivity contribution in [2.24, 2.45) is 0 Å². The first-order chi connectivity index (χ1) is 13.1. The number of halogens is 1. The van der Waals surface area contributed by atoms with E-state index < -0.39 is 7.12 Å². The third kappa shape index (κ3) is 4.05. The number of hydrogen-bond donors (Lipinski definition) is 3. The summed E-state index contributed by atoms with van der Waals surface area (Å²) in [5.74, 6) is 1.26. The second-order valence-corrected chi connectivity index (χ2v) is 6.84. The first-order valence-corrected chi connectivity index (χ1v) is 8.98. The summed E-state index contributed by atoms with van der Waals surface area (Å²) in [7, 11) is -0.839. The molecule has 0 saturated carbocycles. The molecule has 6 nitrogen and oxygen atoms in total. The fraction of sp³-hybridized carbons (Fsp3) is 0.158. The minimum Gasteiger partial charge on any atom is -0.423 e. The number of hydrogen-bond acceptors (Lipinski definition) is 6. The summed E-state index contributed by atoms with van der Waals surface area (Å²) < 4.78 is 5.22. The molecule has 0 spiro atoms. The van der Waals surface area contributed by atoms with Crippen LogP contribution in [0.3, 0.4) is 0 Å². The van der Waals surface area contributed by atoms with E-state index in [1.807, 2.05) is 49.4 Å². The lowest BCUT2D eigenvalue weighted by molar-refractivity contribution is 0.275. The molecule has 0 bridgehead atoms. The molecule has 3 aromatic rings. The van der Waals surface area contributed by atoms with Crippen molar-refractivity contribution in [3.63, 3.8) is 0 Å². The summed E-state index contributed by atoms with van der Waals surface area (Å²) in [6.45, 7) is 3.00. The van der Waals surface area contributed by atoms with Crippen LogP contribution >= 0.6 is 11.6 Å². The molecule has 1 aliphatic heterocycles. The van der Waals surface area contributed by atoms with Crippen molar-refractivity contribution in [3.05, 3.63) is 70.4 Å². The Balaban J connectivity index is 1.48. The Morgan fingerprint density at radius 3 is 2.85 bits per heavy atom. The van der Waals surface area contributed by atoms with Gasteiger partial charge in [0.1, 0.15) is 5.82 Å². The summed E-state index contributed by atoms with van der Waals surface area (Å²) in [6.07, 6.45) is 1.78. The van der Waals surface area contributed by atoms with Crippen LogP contribution in [0.4, 0.5) is 17.5 Å². The smallest absolute Gasteiger partial charge is 0.423 e. The van der Waals surface area contributed by atoms with Crippen molar-refractivity contribution in [1.29, 1.82) is 0 Å². The van der Waals surface area contributed by atoms with Gasteiger partial charge in [0, 0.05) is 29.0 Å². The molecule has 0 atom stereocenters. The van der Waals surface area contributed by atoms with E-state index in [4.69, 9.17) is 16.3 Å². The molecule has 0 amide bonds. The summed E-state index contributed by atoms with van der Waals surface area (Å²) in [4.78, 5) is 8.92. The number of nitrogens with one attached hydrogen (secondary N) is 2. The van der Waals surface area contributed by atoms with Gasteiger partial charge in [-0.2, -0.15) is 4.98 Å². The van der Waals surface area contributed by atoms with Gasteiger partial charge in [0.2, 0.25) is 5.95 Å². The largest absolute Gasteiger partial charge is 0.491 e. The lowest BCUT2D eigenvalue weighted by Crippen LogP contribution is -2.27. The van der Waals surface area contributed by atoms with E-state index in [1.165, 1.54) is 0 Å². The van der Waals surface area contributed by atoms with E-state index in [0.717, 1.165) is 38.7 Å². The first kappa shape index (κ1) is 17.8. The Hall–Kier alpha value is -2.61. The lowest BCUT2D eigenvalue weighted by Gasteiger charge is -2.12. The number of aryl methyl sites for hydroxylation is 1. The van der Waals surface area contributed by atoms with E-state index in [0.29, 0.717) is 19.1 Å². The van der Waals surface area contributed by atoms with Gasteiger partial charge in [-0.15, -0.1) is 0 Å². The topological polar surface area (TPSA) is 79.3 Å². The maximum Gasteiger partial charge on any atom is 0.491 e. The Labute approximate surface area is 162 Å². The Kier molecular flexibility index (Phi) is 4.98. The number of rotatable bonds is 5. The standard InChI is InChI=1S/C19H18BClN4O2/c1-12-9-23-19(24-16-6-7-17-14(8-16)11-27-20(17)26)25-18(12)22-10-13-2-4-15(21)5-3-13/h2-9,26H,10-11H2,1H3,(H2,22,23,24,25). The fourth-order valence-electron chi connectivity index (χ4n) is 2.91. The summed E-state index contributed by atoms with van der Waals surface area (Å²) in [5.41, 5.74) is 4.68. The van der Waals surface area contributed by atoms with Crippen molar-refractivity contribution in [2.75, 3.05) is 10.6 Å². The van der Waals surface area contributed by atoms with E-state index in [9.17, 15) is 5.02 Å². The number of aromatic nitrogens is 2. The molecule has 1 aromatic heterocycles. The van der Waals surface area contributed by atoms with Crippen molar-refractivity contribution in [2.45, 2.75) is 20.1 Å². The normalized spacial score (nSPS) is 12.8. The van der Waals surface area contributed by atoms with Gasteiger partial charge >= 0.3 is 7.12 Å². The first-order valence-electron chi connectivity index (χ1n) is 8.60. The molecule has 0 fully saturated rings. The molecule has 1 aliphatic rings. The van der Waals surface area contributed by atoms with Gasteiger partial charge in [-0.25, -0.2) is 4.98 Å². The van der Waals surface area contributed by atoms with E-state index >= 15 is 0 Å². The average molecular weight is 381 g/mol. The van der Waals surface area contributed by atoms with Crippen LogP contribution in [-0.2, 0) is 17.8 Å². The molecule has 2 aromatic carbocycles. The van der Waals surface area contributed by atoms with E-state index in [-0.39, 0.29) is 0 Å². The van der Waals surface area contributed by atoms with Crippen LogP contribution in [-0.4, -0.2) is 22.1 Å². The van der Waals surface area contributed by atoms with E-state index in [1.54, 1.807) is 6.20 Å². The Morgan fingerprint density at radius 1 is 1.22 bits per heavy atom. The molecule has 3 N–H and O–H groups in total.